The molecule has 2 atom stereocenters. The summed E-state index contributed by atoms with van der Waals surface area (Å²) in [5.74, 6) is 0.874. The Morgan fingerprint density at radius 3 is 2.75 bits per heavy atom. The van der Waals surface area contributed by atoms with Crippen molar-refractivity contribution in [3.05, 3.63) is 28.2 Å². The van der Waals surface area contributed by atoms with Gasteiger partial charge in [0.2, 0.25) is 0 Å². The van der Waals surface area contributed by atoms with Crippen LogP contribution in [0.25, 0.3) is 0 Å². The molecule has 0 radical (unpaired) electrons. The minimum Gasteiger partial charge on any atom is -0.365 e. The second-order valence-electron chi connectivity index (χ2n) is 6.69. The third kappa shape index (κ3) is 2.62. The Balaban J connectivity index is 1.90. The van der Waals surface area contributed by atoms with Crippen molar-refractivity contribution in [1.82, 2.24) is 5.32 Å². The third-order valence-electron chi connectivity index (χ3n) is 5.10. The van der Waals surface area contributed by atoms with E-state index in [1.807, 2.05) is 0 Å². The van der Waals surface area contributed by atoms with Crippen molar-refractivity contribution in [2.75, 3.05) is 18.0 Å². The maximum Gasteiger partial charge on any atom is 0.0413 e. The smallest absolute Gasteiger partial charge is 0.0413 e. The lowest BCUT2D eigenvalue weighted by molar-refractivity contribution is 0.252. The lowest BCUT2D eigenvalue weighted by atomic mass is 9.89. The zero-order chi connectivity index (χ0) is 14.3. The number of hydrogen-bond acceptors (Lipinski definition) is 2. The molecule has 0 amide bonds. The molecule has 20 heavy (non-hydrogen) atoms. The predicted molar refractivity (Wildman–Crippen MR) is 89.4 cm³/mol. The molecule has 1 saturated heterocycles. The lowest BCUT2D eigenvalue weighted by Gasteiger charge is -2.48. The molecule has 2 aliphatic rings. The zero-order valence-corrected chi connectivity index (χ0v) is 14.3. The highest BCUT2D eigenvalue weighted by Gasteiger charge is 2.45. The Labute approximate surface area is 131 Å². The summed E-state index contributed by atoms with van der Waals surface area (Å²) in [6, 6.07) is 7.30. The molecule has 110 valence electrons. The number of halogens is 1. The van der Waals surface area contributed by atoms with Crippen LogP contribution < -0.4 is 10.2 Å². The van der Waals surface area contributed by atoms with Crippen LogP contribution in [-0.2, 0) is 0 Å². The maximum absolute atomic E-state index is 3.84. The van der Waals surface area contributed by atoms with E-state index < -0.39 is 0 Å². The minimum atomic E-state index is 0.297. The predicted octanol–water partition coefficient (Wildman–Crippen LogP) is 4.11. The van der Waals surface area contributed by atoms with Crippen molar-refractivity contribution < 1.29 is 0 Å². The van der Waals surface area contributed by atoms with Crippen molar-refractivity contribution in [1.29, 1.82) is 0 Å². The molecule has 1 aromatic carbocycles. The second kappa shape index (κ2) is 5.34. The van der Waals surface area contributed by atoms with Gasteiger partial charge in [-0.3, -0.25) is 0 Å². The molecule has 3 heteroatoms. The molecule has 1 heterocycles. The maximum atomic E-state index is 3.84. The molecule has 1 aliphatic heterocycles. The highest BCUT2D eigenvalue weighted by atomic mass is 79.9. The van der Waals surface area contributed by atoms with Crippen LogP contribution in [0.5, 0.6) is 0 Å². The van der Waals surface area contributed by atoms with Gasteiger partial charge < -0.3 is 10.2 Å². The van der Waals surface area contributed by atoms with Gasteiger partial charge >= 0.3 is 0 Å². The average molecular weight is 337 g/mol. The van der Waals surface area contributed by atoms with E-state index in [4.69, 9.17) is 0 Å². The molecule has 2 nitrogen and oxygen atoms in total. The van der Waals surface area contributed by atoms with E-state index in [0.29, 0.717) is 11.6 Å². The first kappa shape index (κ1) is 14.4. The first-order valence-electron chi connectivity index (χ1n) is 7.81. The van der Waals surface area contributed by atoms with Crippen LogP contribution in [0.2, 0.25) is 0 Å². The first-order chi connectivity index (χ1) is 9.53. The van der Waals surface area contributed by atoms with Crippen LogP contribution in [-0.4, -0.2) is 24.7 Å². The van der Waals surface area contributed by atoms with Crippen molar-refractivity contribution in [3.8, 4) is 0 Å². The Morgan fingerprint density at radius 2 is 2.15 bits per heavy atom. The summed E-state index contributed by atoms with van der Waals surface area (Å²) in [5.41, 5.74) is 3.08. The highest BCUT2D eigenvalue weighted by molar-refractivity contribution is 9.10. The van der Waals surface area contributed by atoms with Gasteiger partial charge in [-0.1, -0.05) is 22.9 Å². The van der Waals surface area contributed by atoms with Gasteiger partial charge in [0.1, 0.15) is 0 Å². The minimum absolute atomic E-state index is 0.297. The summed E-state index contributed by atoms with van der Waals surface area (Å²) >= 11 is 3.58. The van der Waals surface area contributed by atoms with E-state index in [9.17, 15) is 0 Å². The van der Waals surface area contributed by atoms with Crippen molar-refractivity contribution >= 4 is 21.6 Å². The quantitative estimate of drug-likeness (QED) is 0.893. The fraction of sp³-hybridized carbons (Fsp3) is 0.647. The molecule has 0 spiro atoms. The van der Waals surface area contributed by atoms with E-state index in [2.05, 4.69) is 65.1 Å². The standard InChI is InChI=1S/C17H25BrN2/c1-4-15-10-19-17(3,13-5-6-13)11-20(15)16-8-7-14(18)9-12(16)2/h7-9,13,15,19H,4-6,10-11H2,1-3H3. The van der Waals surface area contributed by atoms with E-state index in [0.717, 1.165) is 19.0 Å². The van der Waals surface area contributed by atoms with E-state index >= 15 is 0 Å². The van der Waals surface area contributed by atoms with Crippen LogP contribution in [0, 0.1) is 12.8 Å². The van der Waals surface area contributed by atoms with Gasteiger partial charge in [0.15, 0.2) is 0 Å². The number of anilines is 1. The van der Waals surface area contributed by atoms with Gasteiger partial charge in [-0.05, 0) is 62.8 Å². The monoisotopic (exact) mass is 336 g/mol. The Kier molecular flexibility index (Phi) is 3.85. The third-order valence-corrected chi connectivity index (χ3v) is 5.59. The molecule has 1 aliphatic carbocycles. The van der Waals surface area contributed by atoms with Crippen LogP contribution in [0.3, 0.4) is 0 Å². The number of hydrogen-bond donors (Lipinski definition) is 1. The number of benzene rings is 1. The second-order valence-corrected chi connectivity index (χ2v) is 7.61. The largest absolute Gasteiger partial charge is 0.365 e. The summed E-state index contributed by atoms with van der Waals surface area (Å²) in [4.78, 5) is 2.65. The number of nitrogens with one attached hydrogen (secondary N) is 1. The van der Waals surface area contributed by atoms with Crippen LogP contribution >= 0.6 is 15.9 Å². The van der Waals surface area contributed by atoms with Gasteiger partial charge in [-0.25, -0.2) is 0 Å². The molecular formula is C17H25BrN2. The molecule has 1 saturated carbocycles. The highest BCUT2D eigenvalue weighted by Crippen LogP contribution is 2.42. The number of nitrogens with zero attached hydrogens (tertiary/aromatic N) is 1. The summed E-state index contributed by atoms with van der Waals surface area (Å²) < 4.78 is 1.17. The van der Waals surface area contributed by atoms with Crippen LogP contribution in [0.1, 0.15) is 38.7 Å². The van der Waals surface area contributed by atoms with Gasteiger partial charge in [0.05, 0.1) is 0 Å². The van der Waals surface area contributed by atoms with Crippen LogP contribution in [0.4, 0.5) is 5.69 Å². The average Bonchev–Trinajstić information content (AvgIpc) is 3.23. The Hall–Kier alpha value is -0.540. The molecule has 2 unspecified atom stereocenters. The molecule has 3 rings (SSSR count). The van der Waals surface area contributed by atoms with Crippen molar-refractivity contribution in [2.24, 2.45) is 5.92 Å². The first-order valence-corrected chi connectivity index (χ1v) is 8.60. The Morgan fingerprint density at radius 1 is 1.40 bits per heavy atom. The zero-order valence-electron chi connectivity index (χ0n) is 12.7. The van der Waals surface area contributed by atoms with E-state index in [-0.39, 0.29) is 0 Å². The SMILES string of the molecule is CCC1CNC(C)(C2CC2)CN1c1ccc(Br)cc1C. The molecule has 1 aromatic rings. The van der Waals surface area contributed by atoms with Crippen LogP contribution in [0.15, 0.2) is 22.7 Å². The summed E-state index contributed by atoms with van der Waals surface area (Å²) in [6.07, 6.45) is 3.99. The van der Waals surface area contributed by atoms with E-state index in [1.165, 1.54) is 35.0 Å². The lowest BCUT2D eigenvalue weighted by Crippen LogP contribution is -2.64. The fourth-order valence-corrected chi connectivity index (χ4v) is 4.06. The molecular weight excluding hydrogens is 312 g/mol. The van der Waals surface area contributed by atoms with Crippen molar-refractivity contribution in [3.63, 3.8) is 0 Å². The normalized spacial score (nSPS) is 30.6. The molecule has 0 bridgehead atoms. The van der Waals surface area contributed by atoms with Gasteiger partial charge in [-0.2, -0.15) is 0 Å². The Bertz CT molecular complexity index is 498. The fourth-order valence-electron chi connectivity index (χ4n) is 3.58. The number of aryl methyl sites for hydroxylation is 1. The van der Waals surface area contributed by atoms with Gasteiger partial charge in [0.25, 0.3) is 0 Å². The molecule has 2 fully saturated rings. The number of rotatable bonds is 3. The van der Waals surface area contributed by atoms with Gasteiger partial charge in [0, 0.05) is 34.8 Å². The topological polar surface area (TPSA) is 15.3 Å². The molecule has 0 aromatic heterocycles. The van der Waals surface area contributed by atoms with E-state index in [1.54, 1.807) is 0 Å². The van der Waals surface area contributed by atoms with Crippen molar-refractivity contribution in [2.45, 2.75) is 51.6 Å². The summed E-state index contributed by atoms with van der Waals surface area (Å²) in [5, 5.41) is 3.84. The number of piperazine rings is 1. The molecule has 1 N–H and O–H groups in total. The summed E-state index contributed by atoms with van der Waals surface area (Å²) in [6.45, 7) is 9.19. The van der Waals surface area contributed by atoms with Gasteiger partial charge in [-0.15, -0.1) is 0 Å². The summed E-state index contributed by atoms with van der Waals surface area (Å²) in [7, 11) is 0.